The molecule has 3 nitrogen and oxygen atoms in total. The molecule has 2 heterocycles. The van der Waals surface area contributed by atoms with E-state index in [9.17, 15) is 19.2 Å². The zero-order valence-corrected chi connectivity index (χ0v) is 32.0. The maximum absolute atomic E-state index is 10.1. The molecule has 272 valence electrons. The summed E-state index contributed by atoms with van der Waals surface area (Å²) in [6.45, 7) is 12.3. The van der Waals surface area contributed by atoms with Crippen molar-refractivity contribution >= 4 is 57.2 Å². The van der Waals surface area contributed by atoms with Crippen molar-refractivity contribution in [3.8, 4) is 11.5 Å². The van der Waals surface area contributed by atoms with E-state index in [-0.39, 0.29) is 85.3 Å². The van der Waals surface area contributed by atoms with Gasteiger partial charge in [-0.3, -0.25) is 0 Å². The topological polar surface area (TPSA) is 15.7 Å². The van der Waals surface area contributed by atoms with E-state index in [0.717, 1.165) is 9.80 Å². The van der Waals surface area contributed by atoms with E-state index in [4.69, 9.17) is 14.3 Å². The number of fused-ring (bicyclic) bond motifs is 4. The molecule has 0 aromatic heterocycles. The Morgan fingerprint density at radius 3 is 1.67 bits per heavy atom. The predicted molar refractivity (Wildman–Crippen MR) is 233 cm³/mol. The fourth-order valence-corrected chi connectivity index (χ4v) is 6.49. The van der Waals surface area contributed by atoms with Gasteiger partial charge in [-0.05, 0) is 118 Å². The summed E-state index contributed by atoms with van der Waals surface area (Å²) in [6.07, 6.45) is 0. The van der Waals surface area contributed by atoms with Gasteiger partial charge in [0.15, 0.2) is 0 Å². The second-order valence-electron chi connectivity index (χ2n) is 16.8. The van der Waals surface area contributed by atoms with Gasteiger partial charge in [0.25, 0.3) is 6.71 Å². The predicted octanol–water partition coefficient (Wildman–Crippen LogP) is 12.1. The number of anilines is 6. The first-order valence-electron chi connectivity index (χ1n) is 28.3. The van der Waals surface area contributed by atoms with Crippen LogP contribution in [0.5, 0.6) is 11.5 Å². The van der Waals surface area contributed by atoms with Gasteiger partial charge in [0.2, 0.25) is 0 Å². The van der Waals surface area contributed by atoms with Crippen LogP contribution in [0.4, 0.5) is 34.1 Å². The summed E-state index contributed by atoms with van der Waals surface area (Å²) in [6, 6.07) is -8.83. The summed E-state index contributed by atoms with van der Waals surface area (Å²) >= 11 is 0. The minimum Gasteiger partial charge on any atom is -0.458 e. The average molecular weight is 730 g/mol. The molecule has 6 aromatic rings. The van der Waals surface area contributed by atoms with Crippen molar-refractivity contribution in [1.82, 2.24) is 0 Å². The van der Waals surface area contributed by atoms with E-state index < -0.39 is 143 Å². The molecule has 0 atom stereocenters. The molecule has 0 spiro atoms. The van der Waals surface area contributed by atoms with Crippen molar-refractivity contribution in [2.24, 2.45) is 0 Å². The number of rotatable bonds is 4. The molecule has 4 heteroatoms. The summed E-state index contributed by atoms with van der Waals surface area (Å²) < 4.78 is 201. The fourth-order valence-electron chi connectivity index (χ4n) is 6.49. The number of hydrogen-bond donors (Lipinski definition) is 0. The molecule has 0 unspecified atom stereocenters. The van der Waals surface area contributed by atoms with Gasteiger partial charge in [-0.25, -0.2) is 0 Å². The van der Waals surface area contributed by atoms with Crippen LogP contribution in [0.15, 0.2) is 121 Å². The van der Waals surface area contributed by atoms with Gasteiger partial charge in [0, 0.05) is 38.6 Å². The number of ether oxygens (including phenoxy) is 1. The van der Waals surface area contributed by atoms with Gasteiger partial charge >= 0.3 is 0 Å². The first kappa shape index (κ1) is 18.9. The molecule has 54 heavy (non-hydrogen) atoms. The zero-order chi connectivity index (χ0) is 56.5. The Labute approximate surface area is 353 Å². The Morgan fingerprint density at radius 2 is 1.09 bits per heavy atom. The molecule has 6 aromatic carbocycles. The quantitative estimate of drug-likeness (QED) is 0.168. The van der Waals surface area contributed by atoms with E-state index >= 15 is 0 Å². The second-order valence-corrected chi connectivity index (χ2v) is 16.8. The van der Waals surface area contributed by atoms with Gasteiger partial charge in [-0.1, -0.05) is 134 Å². The average Bonchev–Trinajstić information content (AvgIpc) is 3.28. The lowest BCUT2D eigenvalue weighted by molar-refractivity contribution is 0.486. The van der Waals surface area contributed by atoms with Crippen LogP contribution in [-0.4, -0.2) is 6.71 Å². The van der Waals surface area contributed by atoms with Crippen LogP contribution in [0.2, 0.25) is 0 Å². The highest BCUT2D eigenvalue weighted by Crippen LogP contribution is 2.46. The minimum atomic E-state index is -3.18. The van der Waals surface area contributed by atoms with E-state index in [1.165, 1.54) is 19.1 Å². The normalized spacial score (nSPS) is 19.3. The van der Waals surface area contributed by atoms with Crippen LogP contribution in [0, 0.1) is 13.8 Å². The van der Waals surface area contributed by atoms with Gasteiger partial charge in [-0.2, -0.15) is 0 Å². The Balaban J connectivity index is 1.70. The monoisotopic (exact) mass is 730 g/mol. The van der Waals surface area contributed by atoms with E-state index in [1.807, 2.05) is 0 Å². The first-order valence-corrected chi connectivity index (χ1v) is 17.8. The molecule has 0 aliphatic carbocycles. The first-order chi connectivity index (χ1) is 34.2. The summed E-state index contributed by atoms with van der Waals surface area (Å²) in [7, 11) is 0. The Hall–Kier alpha value is -5.22. The second kappa shape index (κ2) is 12.7. The van der Waals surface area contributed by atoms with Crippen molar-refractivity contribution in [2.75, 3.05) is 9.80 Å². The highest BCUT2D eigenvalue weighted by molar-refractivity contribution is 6.99. The lowest BCUT2D eigenvalue weighted by atomic mass is 9.33. The highest BCUT2D eigenvalue weighted by Gasteiger charge is 2.43. The molecule has 0 saturated carbocycles. The Morgan fingerprint density at radius 1 is 0.556 bits per heavy atom. The molecule has 0 N–H and O–H groups in total. The Kier molecular flexibility index (Phi) is 4.44. The smallest absolute Gasteiger partial charge is 0.256 e. The summed E-state index contributed by atoms with van der Waals surface area (Å²) in [4.78, 5) is 2.01. The summed E-state index contributed by atoms with van der Waals surface area (Å²) in [5.41, 5.74) is -6.54. The maximum Gasteiger partial charge on any atom is 0.256 e. The van der Waals surface area contributed by atoms with Gasteiger partial charge < -0.3 is 14.5 Å². The van der Waals surface area contributed by atoms with Crippen LogP contribution < -0.4 is 30.9 Å². The number of nitrogens with zero attached hydrogens (tertiary/aromatic N) is 2. The summed E-state index contributed by atoms with van der Waals surface area (Å²) in [5, 5.41) is 0. The van der Waals surface area contributed by atoms with Crippen LogP contribution >= 0.6 is 0 Å². The molecular formula is C50H53BN2O. The zero-order valence-electron chi connectivity index (χ0n) is 53.0. The maximum atomic E-state index is 10.1. The van der Waals surface area contributed by atoms with Crippen LogP contribution in [0.1, 0.15) is 119 Å². The van der Waals surface area contributed by atoms with Crippen molar-refractivity contribution in [1.29, 1.82) is 0 Å². The lowest BCUT2D eigenvalue weighted by Gasteiger charge is -2.42. The van der Waals surface area contributed by atoms with Crippen LogP contribution in [0.3, 0.4) is 0 Å². The SMILES string of the molecule is [2H]c1c([2H])c(N(c2cc3c4c(c2)N(c2c([2H])c([2H])c(C(C)(C)C)c([2H])c2[2H])c2c([2H])c([2H])c(C(C)(C)C)c([2H])c2B4c2c([2H])c(C(C)(C)C)c([2H])c([2H])c2O3)c2c([2H])c([2H])c(C([2H])([2H])[2H])c([2H])c2[2H])c([2H])c([2H])c1C. The Bertz CT molecular complexity index is 3450. The molecule has 2 aliphatic rings. The molecular weight excluding hydrogens is 655 g/mol. The molecule has 0 saturated heterocycles. The third-order valence-electron chi connectivity index (χ3n) is 9.41. The molecule has 0 amide bonds. The van der Waals surface area contributed by atoms with Gasteiger partial charge in [0.05, 0.1) is 30.4 Å². The van der Waals surface area contributed by atoms with E-state index in [0.29, 0.717) is 0 Å². The van der Waals surface area contributed by atoms with Crippen molar-refractivity contribution in [3.63, 3.8) is 0 Å². The van der Waals surface area contributed by atoms with Gasteiger partial charge in [0.1, 0.15) is 11.5 Å². The molecule has 0 fully saturated rings. The van der Waals surface area contributed by atoms with Crippen LogP contribution in [0.25, 0.3) is 0 Å². The molecule has 0 bridgehead atoms. The van der Waals surface area contributed by atoms with Gasteiger partial charge in [-0.15, -0.1) is 0 Å². The molecule has 8 rings (SSSR count). The van der Waals surface area contributed by atoms with Crippen molar-refractivity contribution < 1.29 is 33.5 Å². The lowest BCUT2D eigenvalue weighted by Crippen LogP contribution is -2.60. The van der Waals surface area contributed by atoms with Crippen molar-refractivity contribution in [2.45, 2.75) is 92.3 Å². The third-order valence-corrected chi connectivity index (χ3v) is 9.41. The highest BCUT2D eigenvalue weighted by atomic mass is 16.5. The minimum absolute atomic E-state index is 0.0220. The standard InChI is InChI=1S/C50H53BN2O/c1-32-12-20-37(21-13-32)52(38-22-14-33(2)15-23-38)40-30-44-47-46(31-40)54-45-27-19-36(50(9,10)11)29-42(45)51(47)41-28-35(49(6,7)8)18-26-43(41)53(44)39-24-16-34(17-25-39)48(3,4)5/h12-31H,1-11H3/i1D3,12D,13D,14D,15D,16D,17D,18D,19D,20D,21D,22D,23D,24D,25D,26D,27D,28D,29D. The molecule has 2 aliphatic heterocycles. The van der Waals surface area contributed by atoms with E-state index in [2.05, 4.69) is 0 Å². The third kappa shape index (κ3) is 6.30. The fraction of sp³-hybridized carbons (Fsp3) is 0.280. The summed E-state index contributed by atoms with van der Waals surface area (Å²) in [5.74, 6) is -0.611. The van der Waals surface area contributed by atoms with Crippen LogP contribution in [-0.2, 0) is 16.2 Å². The number of benzene rings is 6. The molecule has 0 radical (unpaired) electrons. The largest absolute Gasteiger partial charge is 0.458 e. The van der Waals surface area contributed by atoms with E-state index in [1.54, 1.807) is 62.3 Å². The van der Waals surface area contributed by atoms with Crippen molar-refractivity contribution in [3.05, 3.63) is 149 Å². The number of hydrogen-bond acceptors (Lipinski definition) is 3.